The highest BCUT2D eigenvalue weighted by atomic mass is 127. The summed E-state index contributed by atoms with van der Waals surface area (Å²) in [6.07, 6.45) is 0.00563. The summed E-state index contributed by atoms with van der Waals surface area (Å²) in [5, 5.41) is 0. The van der Waals surface area contributed by atoms with Crippen LogP contribution in [0.2, 0.25) is 0 Å². The zero-order valence-corrected chi connectivity index (χ0v) is 19.1. The molecule has 158 valence electrons. The highest BCUT2D eigenvalue weighted by molar-refractivity contribution is 5.72. The number of hydrogen-bond acceptors (Lipinski definition) is 4. The van der Waals surface area contributed by atoms with Gasteiger partial charge in [-0.25, -0.2) is 0 Å². The van der Waals surface area contributed by atoms with Crippen molar-refractivity contribution in [2.24, 2.45) is 0 Å². The molecule has 2 aromatic rings. The van der Waals surface area contributed by atoms with E-state index < -0.39 is 0 Å². The van der Waals surface area contributed by atoms with E-state index >= 15 is 0 Å². The molecule has 0 aliphatic carbocycles. The molecule has 29 heavy (non-hydrogen) atoms. The van der Waals surface area contributed by atoms with Gasteiger partial charge in [-0.05, 0) is 11.1 Å². The maximum atomic E-state index is 12.5. The van der Waals surface area contributed by atoms with Crippen LogP contribution in [-0.4, -0.2) is 63.1 Å². The second kappa shape index (κ2) is 12.3. The Bertz CT molecular complexity index is 720. The van der Waals surface area contributed by atoms with Crippen molar-refractivity contribution in [3.63, 3.8) is 0 Å². The molecule has 0 amide bonds. The molecule has 3 rings (SSSR count). The number of rotatable bonds is 9. The fraction of sp³-hybridized carbons (Fsp3) is 0.435. The van der Waals surface area contributed by atoms with Crippen LogP contribution < -0.4 is 24.0 Å². The first-order valence-electron chi connectivity index (χ1n) is 9.89. The largest absolute Gasteiger partial charge is 1.00 e. The zero-order valence-electron chi connectivity index (χ0n) is 17.0. The van der Waals surface area contributed by atoms with Crippen LogP contribution in [0.1, 0.15) is 11.1 Å². The summed E-state index contributed by atoms with van der Waals surface area (Å²) in [5.74, 6) is -0.209. The molecule has 6 heteroatoms. The number of ether oxygens (including phenoxy) is 3. The first kappa shape index (κ1) is 23.8. The number of hydrogen-bond donors (Lipinski definition) is 0. The summed E-state index contributed by atoms with van der Waals surface area (Å²) < 4.78 is 18.1. The van der Waals surface area contributed by atoms with Crippen LogP contribution in [0.3, 0.4) is 0 Å². The Hall–Kier alpha value is -1.48. The van der Waals surface area contributed by atoms with Gasteiger partial charge in [-0.1, -0.05) is 60.7 Å². The maximum Gasteiger partial charge on any atom is 0.310 e. The number of carbonyl (C=O) groups is 1. The summed E-state index contributed by atoms with van der Waals surface area (Å²) in [7, 11) is 2.19. The van der Waals surface area contributed by atoms with Gasteiger partial charge in [0.1, 0.15) is 19.6 Å². The molecule has 1 atom stereocenters. The topological polar surface area (TPSA) is 44.8 Å². The maximum absolute atomic E-state index is 12.5. The van der Waals surface area contributed by atoms with Crippen LogP contribution in [0.4, 0.5) is 0 Å². The molecule has 0 spiro atoms. The Morgan fingerprint density at radius 2 is 1.59 bits per heavy atom. The van der Waals surface area contributed by atoms with Crippen LogP contribution >= 0.6 is 0 Å². The van der Waals surface area contributed by atoms with Gasteiger partial charge in [0.25, 0.3) is 0 Å². The lowest BCUT2D eigenvalue weighted by Gasteiger charge is -2.39. The molecular formula is C23H30INO4. The second-order valence-electron chi connectivity index (χ2n) is 7.64. The molecule has 0 radical (unpaired) electrons. The molecule has 1 aliphatic heterocycles. The smallest absolute Gasteiger partial charge is 0.310 e. The van der Waals surface area contributed by atoms with Crippen molar-refractivity contribution >= 4 is 5.97 Å². The molecule has 1 unspecified atom stereocenters. The van der Waals surface area contributed by atoms with Crippen molar-refractivity contribution < 1.29 is 47.5 Å². The summed E-state index contributed by atoms with van der Waals surface area (Å²) in [6, 6.07) is 19.7. The van der Waals surface area contributed by atoms with Crippen molar-refractivity contribution in [3.05, 3.63) is 71.8 Å². The summed E-state index contributed by atoms with van der Waals surface area (Å²) >= 11 is 0. The van der Waals surface area contributed by atoms with E-state index in [2.05, 4.69) is 7.05 Å². The number of esters is 1. The Kier molecular flexibility index (Phi) is 10.1. The molecule has 0 saturated carbocycles. The zero-order chi connectivity index (χ0) is 19.7. The molecule has 2 aromatic carbocycles. The lowest BCUT2D eigenvalue weighted by molar-refractivity contribution is -0.919. The number of halogens is 1. The van der Waals surface area contributed by atoms with Gasteiger partial charge in [-0.15, -0.1) is 0 Å². The fourth-order valence-corrected chi connectivity index (χ4v) is 3.45. The standard InChI is InChI=1S/C23H30NO4.HI/c1-24(12-14-26-15-13-24)17-22(19-27-18-21-10-6-3-7-11-21)28-23(25)16-20-8-4-2-5-9-20;/h2-11,22H,12-19H2,1H3;1H/q+1;/p-1. The first-order chi connectivity index (χ1) is 13.6. The van der Waals surface area contributed by atoms with E-state index in [1.54, 1.807) is 0 Å². The number of quaternary nitrogens is 1. The molecule has 5 nitrogen and oxygen atoms in total. The van der Waals surface area contributed by atoms with Gasteiger partial charge >= 0.3 is 5.97 Å². The van der Waals surface area contributed by atoms with Gasteiger partial charge in [-0.2, -0.15) is 0 Å². The molecule has 1 saturated heterocycles. The first-order valence-corrected chi connectivity index (χ1v) is 9.89. The number of carbonyl (C=O) groups excluding carboxylic acids is 1. The van der Waals surface area contributed by atoms with Gasteiger partial charge in [0, 0.05) is 0 Å². The third-order valence-electron chi connectivity index (χ3n) is 5.10. The van der Waals surface area contributed by atoms with Crippen molar-refractivity contribution in [2.75, 3.05) is 46.5 Å². The van der Waals surface area contributed by atoms with Gasteiger partial charge in [0.15, 0.2) is 6.10 Å². The highest BCUT2D eigenvalue weighted by Crippen LogP contribution is 2.13. The van der Waals surface area contributed by atoms with Gasteiger partial charge in [0.05, 0.1) is 39.9 Å². The lowest BCUT2D eigenvalue weighted by Crippen LogP contribution is -3.00. The van der Waals surface area contributed by atoms with E-state index in [4.69, 9.17) is 14.2 Å². The molecule has 0 aromatic heterocycles. The van der Waals surface area contributed by atoms with E-state index in [0.29, 0.717) is 13.2 Å². The van der Waals surface area contributed by atoms with Gasteiger partial charge < -0.3 is 42.7 Å². The molecule has 1 heterocycles. The van der Waals surface area contributed by atoms with Crippen LogP contribution in [-0.2, 0) is 32.0 Å². The Morgan fingerprint density at radius 3 is 2.21 bits per heavy atom. The normalized spacial score (nSPS) is 16.4. The van der Waals surface area contributed by atoms with Crippen LogP contribution in [0.15, 0.2) is 60.7 Å². The van der Waals surface area contributed by atoms with Gasteiger partial charge in [0.2, 0.25) is 0 Å². The predicted octanol–water partition coefficient (Wildman–Crippen LogP) is -0.161. The minimum absolute atomic E-state index is 0. The molecule has 1 fully saturated rings. The highest BCUT2D eigenvalue weighted by Gasteiger charge is 2.31. The molecule has 1 aliphatic rings. The van der Waals surface area contributed by atoms with Crippen molar-refractivity contribution in [1.29, 1.82) is 0 Å². The van der Waals surface area contributed by atoms with Gasteiger partial charge in [-0.3, -0.25) is 4.79 Å². The predicted molar refractivity (Wildman–Crippen MR) is 108 cm³/mol. The minimum atomic E-state index is -0.275. The number of nitrogens with zero attached hydrogens (tertiary/aromatic N) is 1. The second-order valence-corrected chi connectivity index (χ2v) is 7.64. The van der Waals surface area contributed by atoms with Crippen LogP contribution in [0.25, 0.3) is 0 Å². The Balaban J connectivity index is 0.00000300. The average molecular weight is 511 g/mol. The van der Waals surface area contributed by atoms with Crippen LogP contribution in [0.5, 0.6) is 0 Å². The monoisotopic (exact) mass is 511 g/mol. The SMILES string of the molecule is C[N+]1(CC(COCc2ccccc2)OC(=O)Cc2ccccc2)CCOCC1.[I-]. The van der Waals surface area contributed by atoms with E-state index in [1.807, 2.05) is 60.7 Å². The van der Waals surface area contributed by atoms with Crippen molar-refractivity contribution in [1.82, 2.24) is 0 Å². The third kappa shape index (κ3) is 8.42. The van der Waals surface area contributed by atoms with E-state index in [-0.39, 0.29) is 42.5 Å². The number of morpholine rings is 1. The molecule has 0 N–H and O–H groups in total. The van der Waals surface area contributed by atoms with Crippen LogP contribution in [0, 0.1) is 0 Å². The van der Waals surface area contributed by atoms with Crippen molar-refractivity contribution in [3.8, 4) is 0 Å². The van der Waals surface area contributed by atoms with E-state index in [0.717, 1.165) is 48.5 Å². The quantitative estimate of drug-likeness (QED) is 0.267. The molecule has 0 bridgehead atoms. The Morgan fingerprint density at radius 1 is 1.00 bits per heavy atom. The number of benzene rings is 2. The van der Waals surface area contributed by atoms with E-state index in [9.17, 15) is 4.79 Å². The fourth-order valence-electron chi connectivity index (χ4n) is 3.45. The minimum Gasteiger partial charge on any atom is -1.00 e. The average Bonchev–Trinajstić information content (AvgIpc) is 2.69. The lowest BCUT2D eigenvalue weighted by atomic mass is 10.1. The third-order valence-corrected chi connectivity index (χ3v) is 5.10. The number of likely N-dealkylation sites (N-methyl/N-ethyl adjacent to an activating group) is 1. The van der Waals surface area contributed by atoms with Crippen molar-refractivity contribution in [2.45, 2.75) is 19.1 Å². The summed E-state index contributed by atoms with van der Waals surface area (Å²) in [4.78, 5) is 12.5. The summed E-state index contributed by atoms with van der Waals surface area (Å²) in [5.41, 5.74) is 2.08. The summed E-state index contributed by atoms with van der Waals surface area (Å²) in [6.45, 7) is 4.97. The Labute approximate surface area is 190 Å². The van der Waals surface area contributed by atoms with E-state index in [1.165, 1.54) is 0 Å². The molecular weight excluding hydrogens is 481 g/mol.